The first-order chi connectivity index (χ1) is 14.9. The van der Waals surface area contributed by atoms with Gasteiger partial charge in [-0.05, 0) is 37.1 Å². The summed E-state index contributed by atoms with van der Waals surface area (Å²) in [4.78, 5) is 27.5. The summed E-state index contributed by atoms with van der Waals surface area (Å²) in [6.45, 7) is 4.34. The Morgan fingerprint density at radius 2 is 2.13 bits per heavy atom. The topological polar surface area (TPSA) is 132 Å². The minimum absolute atomic E-state index is 0.0584. The number of nitrogens with one attached hydrogen (secondary N) is 1. The van der Waals surface area contributed by atoms with Gasteiger partial charge in [-0.15, -0.1) is 5.10 Å². The van der Waals surface area contributed by atoms with Crippen LogP contribution in [0.1, 0.15) is 46.4 Å². The number of nitrogens with zero attached hydrogens (tertiary/aromatic N) is 4. The Bertz CT molecular complexity index is 1070. The number of pyridine rings is 1. The second-order valence-corrected chi connectivity index (χ2v) is 7.95. The molecule has 162 valence electrons. The van der Waals surface area contributed by atoms with E-state index in [1.165, 1.54) is 12.3 Å². The van der Waals surface area contributed by atoms with Gasteiger partial charge in [0.2, 0.25) is 0 Å². The van der Waals surface area contributed by atoms with Crippen molar-refractivity contribution in [1.82, 2.24) is 25.3 Å². The Hall–Kier alpha value is -3.53. The van der Waals surface area contributed by atoms with Crippen molar-refractivity contribution >= 4 is 11.9 Å². The maximum atomic E-state index is 12.4. The highest BCUT2D eigenvalue weighted by Crippen LogP contribution is 2.27. The van der Waals surface area contributed by atoms with Crippen LogP contribution in [0.25, 0.3) is 11.4 Å². The molecule has 0 spiro atoms. The molecule has 1 atom stereocenters. The molecule has 3 aromatic rings. The van der Waals surface area contributed by atoms with Gasteiger partial charge in [0.25, 0.3) is 5.91 Å². The van der Waals surface area contributed by atoms with Crippen molar-refractivity contribution in [2.45, 2.75) is 26.3 Å². The molecule has 1 unspecified atom stereocenters. The number of amides is 1. The highest BCUT2D eigenvalue weighted by atomic mass is 16.5. The molecule has 1 amide bonds. The smallest absolute Gasteiger partial charge is 0.337 e. The predicted molar refractivity (Wildman–Crippen MR) is 109 cm³/mol. The van der Waals surface area contributed by atoms with E-state index in [0.29, 0.717) is 36.8 Å². The molecule has 1 aliphatic rings. The fourth-order valence-electron chi connectivity index (χ4n) is 3.42. The lowest BCUT2D eigenvalue weighted by Gasteiger charge is -2.33. The normalized spacial score (nSPS) is 18.6. The fourth-order valence-corrected chi connectivity index (χ4v) is 3.42. The second kappa shape index (κ2) is 8.68. The molecule has 10 heteroatoms. The van der Waals surface area contributed by atoms with Crippen LogP contribution in [-0.4, -0.2) is 56.7 Å². The van der Waals surface area contributed by atoms with E-state index in [1.54, 1.807) is 29.1 Å². The molecule has 3 aromatic heterocycles. The molecular formula is C21H23N5O5. The third-order valence-electron chi connectivity index (χ3n) is 5.21. The monoisotopic (exact) mass is 425 g/mol. The summed E-state index contributed by atoms with van der Waals surface area (Å²) in [6, 6.07) is 6.39. The summed E-state index contributed by atoms with van der Waals surface area (Å²) < 4.78 is 12.7. The standard InChI is InChI=1S/C21H23N5O5/c1-21(7-2-8-30-13-21)12-23-19(27)18-6-4-15(31-18)10-26-11-17(24-25-26)16-5-3-14(9-22-16)20(28)29/h3-6,9,11H,2,7-8,10,12-13H2,1H3,(H,23,27)(H,28,29). The van der Waals surface area contributed by atoms with Crippen LogP contribution in [0.2, 0.25) is 0 Å². The Morgan fingerprint density at radius 1 is 1.26 bits per heavy atom. The largest absolute Gasteiger partial charge is 0.478 e. The number of carboxylic acids is 1. The molecule has 1 aliphatic heterocycles. The van der Waals surface area contributed by atoms with E-state index in [0.717, 1.165) is 19.4 Å². The van der Waals surface area contributed by atoms with Gasteiger partial charge in [-0.1, -0.05) is 12.1 Å². The molecule has 0 aliphatic carbocycles. The van der Waals surface area contributed by atoms with Crippen LogP contribution in [-0.2, 0) is 11.3 Å². The molecule has 0 radical (unpaired) electrons. The lowest BCUT2D eigenvalue weighted by atomic mass is 9.85. The lowest BCUT2D eigenvalue weighted by Crippen LogP contribution is -2.40. The molecule has 31 heavy (non-hydrogen) atoms. The van der Waals surface area contributed by atoms with Crippen molar-refractivity contribution < 1.29 is 23.8 Å². The number of carboxylic acid groups (broad SMARTS) is 1. The molecule has 2 N–H and O–H groups in total. The van der Waals surface area contributed by atoms with Crippen LogP contribution in [0, 0.1) is 5.41 Å². The van der Waals surface area contributed by atoms with Gasteiger partial charge in [-0.2, -0.15) is 0 Å². The molecule has 0 aromatic carbocycles. The van der Waals surface area contributed by atoms with E-state index in [1.807, 2.05) is 0 Å². The average Bonchev–Trinajstić information content (AvgIpc) is 3.43. The number of furan rings is 1. The summed E-state index contributed by atoms with van der Waals surface area (Å²) in [5.41, 5.74) is 1.06. The Labute approximate surface area is 178 Å². The SMILES string of the molecule is CC1(CNC(=O)c2ccc(Cn3cc(-c4ccc(C(=O)O)cn4)nn3)o2)CCCOC1. The number of ether oxygens (including phenoxy) is 1. The fraction of sp³-hybridized carbons (Fsp3) is 0.381. The van der Waals surface area contributed by atoms with Crippen LogP contribution in [0.15, 0.2) is 41.1 Å². The molecule has 1 fully saturated rings. The molecule has 0 bridgehead atoms. The summed E-state index contributed by atoms with van der Waals surface area (Å²) in [7, 11) is 0. The Balaban J connectivity index is 1.35. The first-order valence-corrected chi connectivity index (χ1v) is 9.96. The van der Waals surface area contributed by atoms with Gasteiger partial charge < -0.3 is 19.6 Å². The van der Waals surface area contributed by atoms with E-state index >= 15 is 0 Å². The maximum Gasteiger partial charge on any atom is 0.337 e. The number of carbonyl (C=O) groups is 2. The average molecular weight is 425 g/mol. The van der Waals surface area contributed by atoms with E-state index in [4.69, 9.17) is 14.3 Å². The van der Waals surface area contributed by atoms with Crippen LogP contribution < -0.4 is 5.32 Å². The van der Waals surface area contributed by atoms with Gasteiger partial charge in [-0.25, -0.2) is 9.48 Å². The van der Waals surface area contributed by atoms with Gasteiger partial charge in [0.05, 0.1) is 24.1 Å². The van der Waals surface area contributed by atoms with Crippen LogP contribution in [0.5, 0.6) is 0 Å². The zero-order valence-electron chi connectivity index (χ0n) is 17.1. The van der Waals surface area contributed by atoms with Crippen molar-refractivity contribution in [1.29, 1.82) is 0 Å². The number of carbonyl (C=O) groups excluding carboxylic acids is 1. The molecule has 10 nitrogen and oxygen atoms in total. The third kappa shape index (κ3) is 4.97. The maximum absolute atomic E-state index is 12.4. The van der Waals surface area contributed by atoms with Crippen molar-refractivity contribution in [3.8, 4) is 11.4 Å². The van der Waals surface area contributed by atoms with Gasteiger partial charge >= 0.3 is 5.97 Å². The van der Waals surface area contributed by atoms with Crippen LogP contribution in [0.4, 0.5) is 0 Å². The van der Waals surface area contributed by atoms with Gasteiger partial charge in [0, 0.05) is 24.8 Å². The van der Waals surface area contributed by atoms with Gasteiger partial charge in [0.15, 0.2) is 5.76 Å². The summed E-state index contributed by atoms with van der Waals surface area (Å²) in [5.74, 6) is -0.508. The van der Waals surface area contributed by atoms with Crippen molar-refractivity contribution in [3.05, 3.63) is 53.7 Å². The lowest BCUT2D eigenvalue weighted by molar-refractivity contribution is 0.00333. The highest BCUT2D eigenvalue weighted by molar-refractivity contribution is 5.91. The minimum atomic E-state index is -1.04. The number of aromatic nitrogens is 4. The van der Waals surface area contributed by atoms with E-state index in [9.17, 15) is 9.59 Å². The quantitative estimate of drug-likeness (QED) is 0.589. The minimum Gasteiger partial charge on any atom is -0.478 e. The number of rotatable bonds is 7. The van der Waals surface area contributed by atoms with Gasteiger partial charge in [-0.3, -0.25) is 9.78 Å². The van der Waals surface area contributed by atoms with E-state index in [2.05, 4.69) is 27.5 Å². The van der Waals surface area contributed by atoms with Crippen molar-refractivity contribution in [3.63, 3.8) is 0 Å². The summed E-state index contributed by atoms with van der Waals surface area (Å²) in [5, 5.41) is 20.0. The van der Waals surface area contributed by atoms with Gasteiger partial charge in [0.1, 0.15) is 18.0 Å². The third-order valence-corrected chi connectivity index (χ3v) is 5.21. The molecular weight excluding hydrogens is 402 g/mol. The second-order valence-electron chi connectivity index (χ2n) is 7.95. The van der Waals surface area contributed by atoms with E-state index < -0.39 is 5.97 Å². The molecule has 4 rings (SSSR count). The zero-order valence-corrected chi connectivity index (χ0v) is 17.1. The predicted octanol–water partition coefficient (Wildman–Crippen LogP) is 2.23. The van der Waals surface area contributed by atoms with Crippen LogP contribution >= 0.6 is 0 Å². The van der Waals surface area contributed by atoms with Crippen molar-refractivity contribution in [2.75, 3.05) is 19.8 Å². The molecule has 4 heterocycles. The summed E-state index contributed by atoms with van der Waals surface area (Å²) in [6.07, 6.45) is 4.96. The molecule has 1 saturated heterocycles. The van der Waals surface area contributed by atoms with E-state index in [-0.39, 0.29) is 22.6 Å². The first kappa shape index (κ1) is 20.7. The van der Waals surface area contributed by atoms with Crippen LogP contribution in [0.3, 0.4) is 0 Å². The zero-order chi connectivity index (χ0) is 21.8. The first-order valence-electron chi connectivity index (χ1n) is 9.96. The number of hydrogen-bond acceptors (Lipinski definition) is 7. The highest BCUT2D eigenvalue weighted by Gasteiger charge is 2.28. The number of aromatic carboxylic acids is 1. The Morgan fingerprint density at radius 3 is 2.84 bits per heavy atom. The van der Waals surface area contributed by atoms with Crippen molar-refractivity contribution in [2.24, 2.45) is 5.41 Å². The summed E-state index contributed by atoms with van der Waals surface area (Å²) >= 11 is 0. The Kier molecular flexibility index (Phi) is 5.81. The number of hydrogen-bond donors (Lipinski definition) is 2. The molecule has 0 saturated carbocycles.